The summed E-state index contributed by atoms with van der Waals surface area (Å²) in [5.41, 5.74) is 3.68. The second-order valence-electron chi connectivity index (χ2n) is 6.35. The van der Waals surface area contributed by atoms with Crippen molar-refractivity contribution in [3.8, 4) is 0 Å². The molecule has 24 heavy (non-hydrogen) atoms. The Balaban J connectivity index is 1.61. The fraction of sp³-hybridized carbons (Fsp3) is 0.368. The Bertz CT molecular complexity index is 697. The van der Waals surface area contributed by atoms with Crippen molar-refractivity contribution < 1.29 is 4.79 Å². The van der Waals surface area contributed by atoms with Gasteiger partial charge in [0.05, 0.1) is 11.9 Å². The zero-order valence-electron chi connectivity index (χ0n) is 14.3. The van der Waals surface area contributed by atoms with Crippen LogP contribution in [0.25, 0.3) is 0 Å². The van der Waals surface area contributed by atoms with Crippen LogP contribution in [0, 0.1) is 0 Å². The summed E-state index contributed by atoms with van der Waals surface area (Å²) >= 11 is 0. The third kappa shape index (κ3) is 3.74. The first-order valence-corrected chi connectivity index (χ1v) is 8.39. The number of amides is 1. The van der Waals surface area contributed by atoms with Gasteiger partial charge in [-0.3, -0.25) is 4.79 Å². The number of carbonyl (C=O) groups excluding carboxylic acids is 1. The Morgan fingerprint density at radius 2 is 2.08 bits per heavy atom. The van der Waals surface area contributed by atoms with Crippen molar-refractivity contribution in [2.24, 2.45) is 0 Å². The number of benzene rings is 1. The Kier molecular flexibility index (Phi) is 5.11. The highest BCUT2D eigenvalue weighted by atomic mass is 16.2. The van der Waals surface area contributed by atoms with Crippen LogP contribution in [0.5, 0.6) is 0 Å². The molecule has 0 unspecified atom stereocenters. The number of aromatic nitrogens is 1. The van der Waals surface area contributed by atoms with Crippen molar-refractivity contribution in [2.75, 3.05) is 43.9 Å². The lowest BCUT2D eigenvalue weighted by atomic mass is 10.2. The average Bonchev–Trinajstić information content (AvgIpc) is 3.02. The first kappa shape index (κ1) is 16.5. The zero-order valence-corrected chi connectivity index (χ0v) is 14.3. The van der Waals surface area contributed by atoms with Crippen LogP contribution in [0.15, 0.2) is 42.6 Å². The van der Waals surface area contributed by atoms with Gasteiger partial charge in [0.15, 0.2) is 0 Å². The van der Waals surface area contributed by atoms with Crippen LogP contribution >= 0.6 is 0 Å². The summed E-state index contributed by atoms with van der Waals surface area (Å²) in [6, 6.07) is 11.8. The second kappa shape index (κ2) is 7.45. The predicted octanol–water partition coefficient (Wildman–Crippen LogP) is 2.65. The molecule has 2 aromatic rings. The van der Waals surface area contributed by atoms with Gasteiger partial charge < -0.3 is 15.1 Å². The lowest BCUT2D eigenvalue weighted by Gasteiger charge is -2.17. The van der Waals surface area contributed by atoms with Gasteiger partial charge in [-0.1, -0.05) is 18.2 Å². The SMILES string of the molecule is CN(C)CCCNc1ccc(C(=O)N2CCc3ccccc32)nc1. The summed E-state index contributed by atoms with van der Waals surface area (Å²) in [6.45, 7) is 2.67. The number of fused-ring (bicyclic) bond motifs is 1. The van der Waals surface area contributed by atoms with E-state index in [0.717, 1.165) is 43.9 Å². The van der Waals surface area contributed by atoms with Crippen LogP contribution in [0.3, 0.4) is 0 Å². The molecule has 3 rings (SSSR count). The van der Waals surface area contributed by atoms with Gasteiger partial charge in [-0.15, -0.1) is 0 Å². The van der Waals surface area contributed by atoms with Crippen molar-refractivity contribution in [3.05, 3.63) is 53.9 Å². The maximum atomic E-state index is 12.7. The van der Waals surface area contributed by atoms with Crippen LogP contribution in [-0.4, -0.2) is 49.5 Å². The van der Waals surface area contributed by atoms with Gasteiger partial charge >= 0.3 is 0 Å². The first-order valence-electron chi connectivity index (χ1n) is 8.39. The number of anilines is 2. The molecule has 1 N–H and O–H groups in total. The fourth-order valence-corrected chi connectivity index (χ4v) is 2.94. The minimum atomic E-state index is -0.0286. The molecule has 2 heterocycles. The monoisotopic (exact) mass is 324 g/mol. The van der Waals surface area contributed by atoms with E-state index in [9.17, 15) is 4.79 Å². The van der Waals surface area contributed by atoms with E-state index in [2.05, 4.69) is 35.4 Å². The smallest absolute Gasteiger partial charge is 0.276 e. The summed E-state index contributed by atoms with van der Waals surface area (Å²) < 4.78 is 0. The molecule has 0 spiro atoms. The summed E-state index contributed by atoms with van der Waals surface area (Å²) in [5, 5.41) is 3.34. The summed E-state index contributed by atoms with van der Waals surface area (Å²) in [4.78, 5) is 21.0. The molecule has 1 aromatic heterocycles. The van der Waals surface area contributed by atoms with E-state index in [-0.39, 0.29) is 5.91 Å². The molecular formula is C19H24N4O. The number of nitrogens with one attached hydrogen (secondary N) is 1. The van der Waals surface area contributed by atoms with E-state index in [4.69, 9.17) is 0 Å². The van der Waals surface area contributed by atoms with E-state index in [1.807, 2.05) is 29.2 Å². The molecular weight excluding hydrogens is 300 g/mol. The van der Waals surface area contributed by atoms with Gasteiger partial charge in [0.2, 0.25) is 0 Å². The molecule has 0 radical (unpaired) electrons. The third-order valence-corrected chi connectivity index (χ3v) is 4.23. The van der Waals surface area contributed by atoms with Crippen LogP contribution in [-0.2, 0) is 6.42 Å². The van der Waals surface area contributed by atoms with Gasteiger partial charge in [-0.2, -0.15) is 0 Å². The van der Waals surface area contributed by atoms with E-state index < -0.39 is 0 Å². The highest BCUT2D eigenvalue weighted by molar-refractivity contribution is 6.06. The number of carbonyl (C=O) groups is 1. The standard InChI is InChI=1S/C19H24N4O/c1-22(2)12-5-11-20-16-8-9-17(21-14-16)19(24)23-13-10-15-6-3-4-7-18(15)23/h3-4,6-9,14,20H,5,10-13H2,1-2H3. The molecule has 1 aliphatic heterocycles. The van der Waals surface area contributed by atoms with E-state index >= 15 is 0 Å². The number of pyridine rings is 1. The van der Waals surface area contributed by atoms with Crippen LogP contribution in [0.2, 0.25) is 0 Å². The molecule has 1 amide bonds. The molecule has 0 saturated heterocycles. The van der Waals surface area contributed by atoms with Gasteiger partial charge in [-0.05, 0) is 57.2 Å². The average molecular weight is 324 g/mol. The quantitative estimate of drug-likeness (QED) is 0.830. The Hall–Kier alpha value is -2.40. The van der Waals surface area contributed by atoms with E-state index in [1.165, 1.54) is 5.56 Å². The minimum Gasteiger partial charge on any atom is -0.384 e. The Morgan fingerprint density at radius 1 is 1.25 bits per heavy atom. The van der Waals surface area contributed by atoms with Crippen molar-refractivity contribution in [1.82, 2.24) is 9.88 Å². The minimum absolute atomic E-state index is 0.0286. The van der Waals surface area contributed by atoms with Crippen molar-refractivity contribution in [3.63, 3.8) is 0 Å². The number of hydrogen-bond donors (Lipinski definition) is 1. The third-order valence-electron chi connectivity index (χ3n) is 4.23. The maximum Gasteiger partial charge on any atom is 0.276 e. The summed E-state index contributed by atoms with van der Waals surface area (Å²) in [5.74, 6) is -0.0286. The number of nitrogens with zero attached hydrogens (tertiary/aromatic N) is 3. The number of hydrogen-bond acceptors (Lipinski definition) is 4. The molecule has 5 heteroatoms. The van der Waals surface area contributed by atoms with Gasteiger partial charge in [0, 0.05) is 18.8 Å². The Morgan fingerprint density at radius 3 is 2.83 bits per heavy atom. The second-order valence-corrected chi connectivity index (χ2v) is 6.35. The molecule has 0 aliphatic carbocycles. The molecule has 0 saturated carbocycles. The van der Waals surface area contributed by atoms with Crippen molar-refractivity contribution in [2.45, 2.75) is 12.8 Å². The largest absolute Gasteiger partial charge is 0.384 e. The maximum absolute atomic E-state index is 12.7. The summed E-state index contributed by atoms with van der Waals surface area (Å²) in [7, 11) is 4.14. The van der Waals surface area contributed by atoms with Crippen LogP contribution in [0.1, 0.15) is 22.5 Å². The van der Waals surface area contributed by atoms with E-state index in [0.29, 0.717) is 5.69 Å². The summed E-state index contributed by atoms with van der Waals surface area (Å²) in [6.07, 6.45) is 3.72. The lowest BCUT2D eigenvalue weighted by molar-refractivity contribution is 0.0984. The molecule has 1 aliphatic rings. The molecule has 0 atom stereocenters. The number of para-hydroxylation sites is 1. The van der Waals surface area contributed by atoms with Gasteiger partial charge in [-0.25, -0.2) is 4.98 Å². The molecule has 1 aromatic carbocycles. The topological polar surface area (TPSA) is 48.5 Å². The molecule has 0 fully saturated rings. The fourth-order valence-electron chi connectivity index (χ4n) is 2.94. The Labute approximate surface area is 143 Å². The van der Waals surface area contributed by atoms with E-state index in [1.54, 1.807) is 12.3 Å². The predicted molar refractivity (Wildman–Crippen MR) is 97.7 cm³/mol. The van der Waals surface area contributed by atoms with Gasteiger partial charge in [0.1, 0.15) is 5.69 Å². The van der Waals surface area contributed by atoms with Crippen molar-refractivity contribution in [1.29, 1.82) is 0 Å². The lowest BCUT2D eigenvalue weighted by Crippen LogP contribution is -2.29. The zero-order chi connectivity index (χ0) is 16.9. The van der Waals surface area contributed by atoms with Crippen LogP contribution in [0.4, 0.5) is 11.4 Å². The van der Waals surface area contributed by atoms with Crippen molar-refractivity contribution >= 4 is 17.3 Å². The van der Waals surface area contributed by atoms with Crippen LogP contribution < -0.4 is 10.2 Å². The molecule has 5 nitrogen and oxygen atoms in total. The normalized spacial score (nSPS) is 13.2. The molecule has 126 valence electrons. The highest BCUT2D eigenvalue weighted by Crippen LogP contribution is 2.28. The number of rotatable bonds is 6. The highest BCUT2D eigenvalue weighted by Gasteiger charge is 2.25. The molecule has 0 bridgehead atoms. The first-order chi connectivity index (χ1) is 11.6. The van der Waals surface area contributed by atoms with Gasteiger partial charge in [0.25, 0.3) is 5.91 Å².